The van der Waals surface area contributed by atoms with Gasteiger partial charge in [-0.25, -0.2) is 9.98 Å². The fourth-order valence-electron chi connectivity index (χ4n) is 2.49. The Hall–Kier alpha value is -3.07. The highest BCUT2D eigenvalue weighted by Gasteiger charge is 2.26. The summed E-state index contributed by atoms with van der Waals surface area (Å²) in [5, 5.41) is 10.4. The van der Waals surface area contributed by atoms with Crippen LogP contribution in [0.5, 0.6) is 0 Å². The zero-order valence-electron chi connectivity index (χ0n) is 15.9. The van der Waals surface area contributed by atoms with E-state index in [-0.39, 0.29) is 23.9 Å². The van der Waals surface area contributed by atoms with E-state index < -0.39 is 23.6 Å². The largest absolute Gasteiger partial charge is 0.408 e. The molecule has 0 unspecified atom stereocenters. The molecule has 0 radical (unpaired) electrons. The van der Waals surface area contributed by atoms with Crippen LogP contribution in [0.1, 0.15) is 25.0 Å². The number of halogens is 3. The third kappa shape index (κ3) is 7.07. The number of nitrogens with two attached hydrogens (primary N) is 1. The zero-order valence-corrected chi connectivity index (χ0v) is 16.8. The van der Waals surface area contributed by atoms with Gasteiger partial charge in [-0.05, 0) is 19.3 Å². The van der Waals surface area contributed by atoms with Crippen molar-refractivity contribution in [3.63, 3.8) is 0 Å². The number of hydrogen-bond acceptors (Lipinski definition) is 7. The van der Waals surface area contributed by atoms with E-state index in [2.05, 4.69) is 31.8 Å². The molecule has 0 fully saturated rings. The summed E-state index contributed by atoms with van der Waals surface area (Å²) in [5.41, 5.74) is 5.60. The Morgan fingerprint density at radius 2 is 1.90 bits per heavy atom. The number of unbranched alkanes of at least 4 members (excludes halogenated alkanes) is 2. The fraction of sp³-hybridized carbons (Fsp3) is 0.444. The van der Waals surface area contributed by atoms with Crippen molar-refractivity contribution in [2.75, 3.05) is 35.6 Å². The number of rotatable bonds is 11. The molecule has 0 amide bonds. The number of aromatic nitrogens is 1. The molecule has 0 saturated heterocycles. The summed E-state index contributed by atoms with van der Waals surface area (Å²) < 4.78 is 36.3. The molecular formula is C18H21F3N6O2S. The Bertz CT molecular complexity index is 986. The molecule has 162 valence electrons. The molecule has 0 aliphatic carbocycles. The van der Waals surface area contributed by atoms with E-state index in [1.165, 1.54) is 11.3 Å². The Labute approximate surface area is 174 Å². The van der Waals surface area contributed by atoms with Crippen LogP contribution in [0.15, 0.2) is 20.0 Å². The maximum absolute atomic E-state index is 12.1. The number of nitrogens with zero attached hydrogens (tertiary/aromatic N) is 2. The van der Waals surface area contributed by atoms with Crippen molar-refractivity contribution in [3.8, 4) is 12.3 Å². The van der Waals surface area contributed by atoms with Gasteiger partial charge in [0.2, 0.25) is 0 Å². The van der Waals surface area contributed by atoms with Gasteiger partial charge in [0.15, 0.2) is 11.1 Å². The highest BCUT2D eigenvalue weighted by molar-refractivity contribution is 7.13. The van der Waals surface area contributed by atoms with E-state index in [9.17, 15) is 22.8 Å². The second kappa shape index (κ2) is 10.6. The third-order valence-electron chi connectivity index (χ3n) is 3.90. The molecule has 0 bridgehead atoms. The minimum Gasteiger partial charge on any atom is -0.380 e. The van der Waals surface area contributed by atoms with Gasteiger partial charge in [0.05, 0.1) is 12.2 Å². The lowest BCUT2D eigenvalue weighted by Crippen LogP contribution is -2.37. The Morgan fingerprint density at radius 1 is 1.20 bits per heavy atom. The maximum atomic E-state index is 12.1. The van der Waals surface area contributed by atoms with Crippen molar-refractivity contribution in [2.24, 2.45) is 10.7 Å². The molecule has 2 rings (SSSR count). The minimum atomic E-state index is -4.41. The molecule has 2 aromatic rings. The first-order valence-corrected chi connectivity index (χ1v) is 9.92. The molecule has 0 aliphatic heterocycles. The van der Waals surface area contributed by atoms with Crippen molar-refractivity contribution in [1.29, 1.82) is 0 Å². The molecule has 5 N–H and O–H groups in total. The lowest BCUT2D eigenvalue weighted by atomic mass is 10.1. The predicted octanol–water partition coefficient (Wildman–Crippen LogP) is 1.90. The molecule has 0 spiro atoms. The lowest BCUT2D eigenvalue weighted by Gasteiger charge is -2.13. The second-order valence-electron chi connectivity index (χ2n) is 6.29. The molecule has 30 heavy (non-hydrogen) atoms. The number of alkyl halides is 3. The van der Waals surface area contributed by atoms with Crippen LogP contribution in [0.2, 0.25) is 0 Å². The van der Waals surface area contributed by atoms with Gasteiger partial charge in [-0.2, -0.15) is 13.2 Å². The summed E-state index contributed by atoms with van der Waals surface area (Å²) in [4.78, 5) is 30.5. The van der Waals surface area contributed by atoms with Gasteiger partial charge >= 0.3 is 6.18 Å². The Kier molecular flexibility index (Phi) is 8.23. The van der Waals surface area contributed by atoms with E-state index in [0.29, 0.717) is 18.1 Å². The summed E-state index contributed by atoms with van der Waals surface area (Å²) in [6.07, 6.45) is 3.86. The average molecular weight is 442 g/mol. The van der Waals surface area contributed by atoms with Crippen LogP contribution in [-0.2, 0) is 6.42 Å². The topological polar surface area (TPSA) is 122 Å². The fourth-order valence-corrected chi connectivity index (χ4v) is 3.24. The van der Waals surface area contributed by atoms with Crippen LogP contribution in [0, 0.1) is 12.3 Å². The van der Waals surface area contributed by atoms with Crippen LogP contribution in [0.4, 0.5) is 29.7 Å². The van der Waals surface area contributed by atoms with E-state index >= 15 is 0 Å². The monoisotopic (exact) mass is 442 g/mol. The van der Waals surface area contributed by atoms with Crippen LogP contribution < -0.4 is 32.5 Å². The van der Waals surface area contributed by atoms with Gasteiger partial charge in [0, 0.05) is 11.9 Å². The molecule has 1 aromatic carbocycles. The zero-order chi connectivity index (χ0) is 22.1. The van der Waals surface area contributed by atoms with Gasteiger partial charge in [0.1, 0.15) is 17.9 Å². The first-order chi connectivity index (χ1) is 14.2. The number of terminal acetylenes is 1. The number of aliphatic imine (C=N–C) groups is 1. The van der Waals surface area contributed by atoms with Crippen LogP contribution in [0.25, 0.3) is 0 Å². The van der Waals surface area contributed by atoms with Crippen LogP contribution >= 0.6 is 11.3 Å². The Balaban J connectivity index is 1.67. The van der Waals surface area contributed by atoms with Gasteiger partial charge in [-0.3, -0.25) is 9.59 Å². The number of thiazole rings is 1. The predicted molar refractivity (Wildman–Crippen MR) is 113 cm³/mol. The smallest absolute Gasteiger partial charge is 0.380 e. The minimum absolute atomic E-state index is 0.170. The average Bonchev–Trinajstić information content (AvgIpc) is 3.13. The molecular weight excluding hydrogens is 421 g/mol. The quantitative estimate of drug-likeness (QED) is 0.138. The van der Waals surface area contributed by atoms with Crippen molar-refractivity contribution >= 4 is 33.8 Å². The summed E-state index contributed by atoms with van der Waals surface area (Å²) >= 11 is 1.23. The van der Waals surface area contributed by atoms with E-state index in [4.69, 9.17) is 12.2 Å². The highest BCUT2D eigenvalue weighted by Crippen LogP contribution is 2.18. The van der Waals surface area contributed by atoms with Gasteiger partial charge in [-0.1, -0.05) is 12.3 Å². The van der Waals surface area contributed by atoms with E-state index in [0.717, 1.165) is 25.0 Å². The van der Waals surface area contributed by atoms with Crippen LogP contribution in [-0.4, -0.2) is 36.8 Å². The third-order valence-corrected chi connectivity index (χ3v) is 4.71. The second-order valence-corrected chi connectivity index (χ2v) is 7.15. The van der Waals surface area contributed by atoms with E-state index in [1.54, 1.807) is 5.38 Å². The van der Waals surface area contributed by atoms with Crippen molar-refractivity contribution in [1.82, 2.24) is 4.98 Å². The maximum Gasteiger partial charge on any atom is 0.408 e. The molecule has 8 nitrogen and oxygen atoms in total. The van der Waals surface area contributed by atoms with Crippen LogP contribution in [0.3, 0.4) is 0 Å². The summed E-state index contributed by atoms with van der Waals surface area (Å²) in [5.74, 6) is 2.00. The number of guanidine groups is 1. The number of nitrogens with one attached hydrogen (secondary N) is 3. The standard InChI is InChI=1S/C18H21F3N6O2S/c1-2-7-23-12-13(15(29)14(12)28)24-8-5-3-4-6-11-9-30-17(26-11)27-16(22)25-10-18(19,20)21/h1,9,23-24H,3-8,10H2,(H3,22,25,26,27). The Morgan fingerprint density at radius 3 is 2.57 bits per heavy atom. The SMILES string of the molecule is C#CCNc1c(NCCCCCc2csc(NC(N)=NCC(F)(F)F)n2)c(=O)c1=O. The molecule has 12 heteroatoms. The summed E-state index contributed by atoms with van der Waals surface area (Å²) in [7, 11) is 0. The molecule has 0 saturated carbocycles. The van der Waals surface area contributed by atoms with Crippen molar-refractivity contribution in [2.45, 2.75) is 31.9 Å². The normalized spacial score (nSPS) is 12.0. The van der Waals surface area contributed by atoms with Crippen molar-refractivity contribution < 1.29 is 13.2 Å². The molecule has 0 atom stereocenters. The summed E-state index contributed by atoms with van der Waals surface area (Å²) in [6.45, 7) is -0.647. The molecule has 1 heterocycles. The number of hydrogen-bond donors (Lipinski definition) is 4. The van der Waals surface area contributed by atoms with Gasteiger partial charge in [-0.15, -0.1) is 17.8 Å². The first-order valence-electron chi connectivity index (χ1n) is 9.04. The van der Waals surface area contributed by atoms with E-state index in [1.807, 2.05) is 0 Å². The summed E-state index contributed by atoms with van der Waals surface area (Å²) in [6, 6.07) is 0. The molecule has 1 aromatic heterocycles. The highest BCUT2D eigenvalue weighted by atomic mass is 32.1. The number of anilines is 3. The first kappa shape index (κ1) is 23.2. The van der Waals surface area contributed by atoms with Gasteiger partial charge in [0.25, 0.3) is 10.9 Å². The molecule has 0 aliphatic rings. The number of aryl methyl sites for hydroxylation is 1. The van der Waals surface area contributed by atoms with Crippen molar-refractivity contribution in [3.05, 3.63) is 31.5 Å². The van der Waals surface area contributed by atoms with Gasteiger partial charge < -0.3 is 21.7 Å². The lowest BCUT2D eigenvalue weighted by molar-refractivity contribution is -0.118.